The molecule has 0 aliphatic rings. The summed E-state index contributed by atoms with van der Waals surface area (Å²) in [5.74, 6) is -0.441. The van der Waals surface area contributed by atoms with E-state index < -0.39 is 5.97 Å². The van der Waals surface area contributed by atoms with Crippen molar-refractivity contribution in [1.82, 2.24) is 0 Å². The molecule has 0 fully saturated rings. The zero-order valence-electron chi connectivity index (χ0n) is 10.6. The lowest BCUT2D eigenvalue weighted by atomic mass is 10.1. The van der Waals surface area contributed by atoms with E-state index in [4.69, 9.17) is 22.1 Å². The normalized spacial score (nSPS) is 10.2. The van der Waals surface area contributed by atoms with E-state index in [9.17, 15) is 4.79 Å². The number of nitrogens with two attached hydrogens (primary N) is 1. The molecule has 0 saturated carbocycles. The van der Waals surface area contributed by atoms with Gasteiger partial charge in [-0.25, -0.2) is 4.79 Å². The van der Waals surface area contributed by atoms with Crippen LogP contribution in [0, 0.1) is 3.57 Å². The second-order valence-electron chi connectivity index (χ2n) is 4.05. The molecule has 20 heavy (non-hydrogen) atoms. The molecule has 104 valence electrons. The molecule has 6 heteroatoms. The van der Waals surface area contributed by atoms with Crippen LogP contribution >= 0.6 is 34.2 Å². The Labute approximate surface area is 135 Å². The van der Waals surface area contributed by atoms with Crippen LogP contribution in [0.4, 0.5) is 17.1 Å². The highest BCUT2D eigenvalue weighted by Gasteiger charge is 2.13. The topological polar surface area (TPSA) is 64.3 Å². The fourth-order valence-corrected chi connectivity index (χ4v) is 2.69. The molecule has 0 atom stereocenters. The van der Waals surface area contributed by atoms with Crippen LogP contribution < -0.4 is 11.1 Å². The molecule has 0 saturated heterocycles. The molecule has 2 aromatic carbocycles. The lowest BCUT2D eigenvalue weighted by Gasteiger charge is -2.13. The van der Waals surface area contributed by atoms with E-state index in [0.29, 0.717) is 22.0 Å². The molecular formula is C14H12ClIN2O2. The summed E-state index contributed by atoms with van der Waals surface area (Å²) < 4.78 is 5.71. The molecule has 4 nitrogen and oxygen atoms in total. The Morgan fingerprint density at radius 3 is 2.60 bits per heavy atom. The summed E-state index contributed by atoms with van der Waals surface area (Å²) in [6.07, 6.45) is 0. The van der Waals surface area contributed by atoms with E-state index in [-0.39, 0.29) is 0 Å². The average Bonchev–Trinajstić information content (AvgIpc) is 2.42. The van der Waals surface area contributed by atoms with Crippen molar-refractivity contribution in [3.05, 3.63) is 50.6 Å². The van der Waals surface area contributed by atoms with Crippen LogP contribution in [0.2, 0.25) is 5.02 Å². The first-order valence-electron chi connectivity index (χ1n) is 5.71. The number of anilines is 3. The summed E-state index contributed by atoms with van der Waals surface area (Å²) in [6, 6.07) is 10.5. The molecule has 0 aliphatic heterocycles. The second-order valence-corrected chi connectivity index (χ2v) is 5.64. The highest BCUT2D eigenvalue weighted by molar-refractivity contribution is 14.1. The van der Waals surface area contributed by atoms with E-state index in [0.717, 1.165) is 9.26 Å². The Morgan fingerprint density at radius 2 is 1.95 bits per heavy atom. The van der Waals surface area contributed by atoms with Gasteiger partial charge in [-0.15, -0.1) is 0 Å². The third-order valence-electron chi connectivity index (χ3n) is 2.65. The molecule has 0 radical (unpaired) electrons. The van der Waals surface area contributed by atoms with Crippen LogP contribution in [0.5, 0.6) is 0 Å². The van der Waals surface area contributed by atoms with Gasteiger partial charge in [-0.05, 0) is 59.0 Å². The smallest absolute Gasteiger partial charge is 0.340 e. The molecule has 0 unspecified atom stereocenters. The summed E-state index contributed by atoms with van der Waals surface area (Å²) in [5.41, 5.74) is 8.08. The highest BCUT2D eigenvalue weighted by atomic mass is 127. The number of rotatable bonds is 3. The first kappa shape index (κ1) is 14.9. The van der Waals surface area contributed by atoms with Gasteiger partial charge < -0.3 is 15.8 Å². The van der Waals surface area contributed by atoms with E-state index in [1.54, 1.807) is 24.3 Å². The molecule has 0 amide bonds. The number of halogens is 2. The van der Waals surface area contributed by atoms with Crippen molar-refractivity contribution in [2.45, 2.75) is 0 Å². The molecule has 0 aliphatic carbocycles. The van der Waals surface area contributed by atoms with E-state index in [1.165, 1.54) is 7.11 Å². The molecule has 2 rings (SSSR count). The Bertz CT molecular complexity index is 662. The monoisotopic (exact) mass is 402 g/mol. The van der Waals surface area contributed by atoms with Gasteiger partial charge >= 0.3 is 5.97 Å². The number of methoxy groups -OCH3 is 1. The Hall–Kier alpha value is -1.47. The lowest BCUT2D eigenvalue weighted by molar-refractivity contribution is 0.0602. The summed E-state index contributed by atoms with van der Waals surface area (Å²) >= 11 is 8.09. The molecule has 3 N–H and O–H groups in total. The van der Waals surface area contributed by atoms with Crippen molar-refractivity contribution in [3.63, 3.8) is 0 Å². The summed E-state index contributed by atoms with van der Waals surface area (Å²) in [6.45, 7) is 0. The van der Waals surface area contributed by atoms with Crippen LogP contribution in [0.1, 0.15) is 10.4 Å². The number of hydrogen-bond acceptors (Lipinski definition) is 4. The number of nitrogens with one attached hydrogen (secondary N) is 1. The Morgan fingerprint density at radius 1 is 1.25 bits per heavy atom. The maximum Gasteiger partial charge on any atom is 0.340 e. The number of hydrogen-bond donors (Lipinski definition) is 2. The van der Waals surface area contributed by atoms with Crippen molar-refractivity contribution < 1.29 is 9.53 Å². The number of benzene rings is 2. The van der Waals surface area contributed by atoms with Gasteiger partial charge in [-0.3, -0.25) is 0 Å². The maximum absolute atomic E-state index is 11.8. The average molecular weight is 403 g/mol. The number of carbonyl (C=O) groups is 1. The molecule has 0 bridgehead atoms. The van der Waals surface area contributed by atoms with E-state index in [1.807, 2.05) is 12.1 Å². The van der Waals surface area contributed by atoms with Crippen LogP contribution in [0.15, 0.2) is 36.4 Å². The third-order valence-corrected chi connectivity index (χ3v) is 3.78. The summed E-state index contributed by atoms with van der Waals surface area (Å²) in [4.78, 5) is 11.8. The zero-order chi connectivity index (χ0) is 14.7. The van der Waals surface area contributed by atoms with Crippen molar-refractivity contribution in [2.75, 3.05) is 18.2 Å². The van der Waals surface area contributed by atoms with Gasteiger partial charge in [0.1, 0.15) is 0 Å². The van der Waals surface area contributed by atoms with Crippen molar-refractivity contribution in [2.24, 2.45) is 0 Å². The zero-order valence-corrected chi connectivity index (χ0v) is 13.5. The predicted octanol–water partition coefficient (Wildman–Crippen LogP) is 4.06. The van der Waals surface area contributed by atoms with E-state index >= 15 is 0 Å². The van der Waals surface area contributed by atoms with Gasteiger partial charge in [0.2, 0.25) is 0 Å². The Kier molecular flexibility index (Phi) is 4.72. The van der Waals surface area contributed by atoms with Crippen molar-refractivity contribution >= 4 is 57.2 Å². The summed E-state index contributed by atoms with van der Waals surface area (Å²) in [7, 11) is 1.33. The summed E-state index contributed by atoms with van der Waals surface area (Å²) in [5, 5.41) is 3.85. The van der Waals surface area contributed by atoms with Gasteiger partial charge in [0, 0.05) is 14.3 Å². The molecule has 2 aromatic rings. The van der Waals surface area contributed by atoms with Gasteiger partial charge in [0.25, 0.3) is 0 Å². The van der Waals surface area contributed by atoms with Crippen molar-refractivity contribution in [1.29, 1.82) is 0 Å². The molecule has 0 aromatic heterocycles. The number of carbonyl (C=O) groups excluding carboxylic acids is 1. The van der Waals surface area contributed by atoms with Gasteiger partial charge in [-0.2, -0.15) is 0 Å². The van der Waals surface area contributed by atoms with Crippen LogP contribution in [-0.4, -0.2) is 13.1 Å². The number of ether oxygens (including phenoxy) is 1. The number of nitrogen functional groups attached to an aromatic ring is 1. The minimum Gasteiger partial charge on any atom is -0.465 e. The largest absolute Gasteiger partial charge is 0.465 e. The quantitative estimate of drug-likeness (QED) is 0.462. The molecular weight excluding hydrogens is 391 g/mol. The maximum atomic E-state index is 11.8. The molecule has 0 spiro atoms. The fraction of sp³-hybridized carbons (Fsp3) is 0.0714. The SMILES string of the molecule is COC(=O)c1cc(N)ccc1Nc1ccc(Cl)cc1I. The van der Waals surface area contributed by atoms with Crippen LogP contribution in [0.25, 0.3) is 0 Å². The van der Waals surface area contributed by atoms with Gasteiger partial charge in [0.15, 0.2) is 0 Å². The van der Waals surface area contributed by atoms with Gasteiger partial charge in [-0.1, -0.05) is 11.6 Å². The first-order valence-corrected chi connectivity index (χ1v) is 7.17. The third kappa shape index (κ3) is 3.34. The van der Waals surface area contributed by atoms with Crippen LogP contribution in [-0.2, 0) is 4.74 Å². The predicted molar refractivity (Wildman–Crippen MR) is 89.6 cm³/mol. The fourth-order valence-electron chi connectivity index (χ4n) is 1.69. The first-order chi connectivity index (χ1) is 9.51. The Balaban J connectivity index is 2.40. The lowest BCUT2D eigenvalue weighted by Crippen LogP contribution is -2.07. The highest BCUT2D eigenvalue weighted by Crippen LogP contribution is 2.28. The minimum atomic E-state index is -0.441. The van der Waals surface area contributed by atoms with Crippen molar-refractivity contribution in [3.8, 4) is 0 Å². The minimum absolute atomic E-state index is 0.387. The number of esters is 1. The van der Waals surface area contributed by atoms with E-state index in [2.05, 4.69) is 27.9 Å². The van der Waals surface area contributed by atoms with Gasteiger partial charge in [0.05, 0.1) is 24.0 Å². The van der Waals surface area contributed by atoms with Crippen LogP contribution in [0.3, 0.4) is 0 Å². The second kappa shape index (κ2) is 6.32. The standard InChI is InChI=1S/C14H12ClIN2O2/c1-20-14(19)10-7-9(17)3-5-12(10)18-13-4-2-8(15)6-11(13)16/h2-7,18H,17H2,1H3. The molecule has 0 heterocycles.